The van der Waals surface area contributed by atoms with Crippen molar-refractivity contribution in [2.24, 2.45) is 0 Å². The average Bonchev–Trinajstić information content (AvgIpc) is 2.42. The molecule has 1 fully saturated rings. The Labute approximate surface area is 47.5 Å². The first-order valence-corrected chi connectivity index (χ1v) is 4.25. The van der Waals surface area contributed by atoms with E-state index in [1.807, 2.05) is 0 Å². The Morgan fingerprint density at radius 3 is 2.71 bits per heavy atom. The zero-order chi connectivity index (χ0) is 5.11. The number of hydrogen-bond donors (Lipinski definition) is 0. The van der Waals surface area contributed by atoms with Crippen LogP contribution in [-0.4, -0.2) is 11.8 Å². The van der Waals surface area contributed by atoms with Crippen LogP contribution >= 0.6 is 8.58 Å². The topological polar surface area (TPSA) is 0 Å². The van der Waals surface area contributed by atoms with Gasteiger partial charge in [-0.05, 0) is 24.7 Å². The second-order valence-corrected chi connectivity index (χ2v) is 3.68. The van der Waals surface area contributed by atoms with Gasteiger partial charge in [-0.1, -0.05) is 21.9 Å². The molecule has 41 valence electrons. The monoisotopic (exact) mass is 115 g/mol. The van der Waals surface area contributed by atoms with Crippen LogP contribution in [0.3, 0.4) is 0 Å². The maximum atomic E-state index is 2.26. The van der Waals surface area contributed by atoms with E-state index in [4.69, 9.17) is 0 Å². The van der Waals surface area contributed by atoms with Gasteiger partial charge < -0.3 is 0 Å². The summed E-state index contributed by atoms with van der Waals surface area (Å²) in [5, 5.41) is 0. The predicted octanol–water partition coefficient (Wildman–Crippen LogP) is 2.51. The Morgan fingerprint density at radius 2 is 2.29 bits per heavy atom. The van der Waals surface area contributed by atoms with Crippen LogP contribution in [0.1, 0.15) is 26.2 Å². The number of hydrogen-bond acceptors (Lipinski definition) is 0. The molecular weight excluding hydrogens is 103 g/mol. The van der Waals surface area contributed by atoms with Crippen LogP contribution in [0.15, 0.2) is 0 Å². The molecule has 1 aliphatic carbocycles. The van der Waals surface area contributed by atoms with Gasteiger partial charge in [0, 0.05) is 0 Å². The molecule has 7 heavy (non-hydrogen) atoms. The lowest BCUT2D eigenvalue weighted by Gasteiger charge is -1.88. The molecule has 0 atom stereocenters. The second kappa shape index (κ2) is 2.67. The SMILES string of the molecule is CCC[P]C1CC1. The van der Waals surface area contributed by atoms with Crippen LogP contribution in [-0.2, 0) is 0 Å². The predicted molar refractivity (Wildman–Crippen MR) is 35.1 cm³/mol. The molecule has 1 aliphatic rings. The largest absolute Gasteiger partial charge is 0.0775 e. The van der Waals surface area contributed by atoms with Gasteiger partial charge in [-0.15, -0.1) is 0 Å². The third kappa shape index (κ3) is 2.29. The van der Waals surface area contributed by atoms with E-state index in [0.717, 1.165) is 5.66 Å². The zero-order valence-corrected chi connectivity index (χ0v) is 5.75. The van der Waals surface area contributed by atoms with Crippen LogP contribution in [0.25, 0.3) is 0 Å². The molecule has 0 nitrogen and oxygen atoms in total. The van der Waals surface area contributed by atoms with Gasteiger partial charge in [0.1, 0.15) is 0 Å². The maximum absolute atomic E-state index is 2.26. The molecule has 0 saturated heterocycles. The lowest BCUT2D eigenvalue weighted by Crippen LogP contribution is -1.71. The summed E-state index contributed by atoms with van der Waals surface area (Å²) in [6, 6.07) is 0. The number of rotatable bonds is 3. The molecule has 0 spiro atoms. The minimum absolute atomic E-state index is 1.12. The fraction of sp³-hybridized carbons (Fsp3) is 1.00. The quantitative estimate of drug-likeness (QED) is 0.496. The lowest BCUT2D eigenvalue weighted by atomic mass is 10.6. The standard InChI is InChI=1S/C6H12P/c1-2-5-7-6-3-4-6/h6H,2-5H2,1H3. The summed E-state index contributed by atoms with van der Waals surface area (Å²) in [7, 11) is 1.72. The summed E-state index contributed by atoms with van der Waals surface area (Å²) in [5.74, 6) is 0. The van der Waals surface area contributed by atoms with Gasteiger partial charge >= 0.3 is 0 Å². The van der Waals surface area contributed by atoms with E-state index >= 15 is 0 Å². The summed E-state index contributed by atoms with van der Waals surface area (Å²) in [6.07, 6.45) is 5.84. The first-order chi connectivity index (χ1) is 3.43. The van der Waals surface area contributed by atoms with Gasteiger partial charge in [-0.3, -0.25) is 0 Å². The highest BCUT2D eigenvalue weighted by Crippen LogP contribution is 2.38. The van der Waals surface area contributed by atoms with Gasteiger partial charge in [0.15, 0.2) is 0 Å². The van der Waals surface area contributed by atoms with Crippen molar-refractivity contribution in [3.8, 4) is 0 Å². The molecule has 1 rings (SSSR count). The molecule has 0 aromatic rings. The third-order valence-corrected chi connectivity index (χ3v) is 2.90. The summed E-state index contributed by atoms with van der Waals surface area (Å²) < 4.78 is 0. The summed E-state index contributed by atoms with van der Waals surface area (Å²) >= 11 is 0. The molecule has 0 unspecified atom stereocenters. The van der Waals surface area contributed by atoms with Gasteiger partial charge in [0.2, 0.25) is 0 Å². The van der Waals surface area contributed by atoms with E-state index in [1.165, 1.54) is 25.4 Å². The lowest BCUT2D eigenvalue weighted by molar-refractivity contribution is 1.10. The molecule has 1 heteroatoms. The van der Waals surface area contributed by atoms with Gasteiger partial charge in [0.25, 0.3) is 0 Å². The van der Waals surface area contributed by atoms with Crippen LogP contribution in [0, 0.1) is 0 Å². The Balaban J connectivity index is 1.80. The fourth-order valence-electron chi connectivity index (χ4n) is 0.569. The van der Waals surface area contributed by atoms with Crippen LogP contribution in [0.4, 0.5) is 0 Å². The summed E-state index contributed by atoms with van der Waals surface area (Å²) in [6.45, 7) is 2.26. The molecule has 0 aromatic carbocycles. The van der Waals surface area contributed by atoms with Crippen molar-refractivity contribution in [1.82, 2.24) is 0 Å². The van der Waals surface area contributed by atoms with E-state index in [1.54, 1.807) is 8.58 Å². The Kier molecular flexibility index (Phi) is 2.12. The van der Waals surface area contributed by atoms with Crippen LogP contribution in [0.5, 0.6) is 0 Å². The summed E-state index contributed by atoms with van der Waals surface area (Å²) in [4.78, 5) is 0. The summed E-state index contributed by atoms with van der Waals surface area (Å²) in [5.41, 5.74) is 1.12. The fourth-order valence-corrected chi connectivity index (χ4v) is 1.71. The minimum Gasteiger partial charge on any atom is -0.0775 e. The molecular formula is C6H12P. The minimum atomic E-state index is 1.12. The van der Waals surface area contributed by atoms with Crippen LogP contribution < -0.4 is 0 Å². The first-order valence-electron chi connectivity index (χ1n) is 3.10. The van der Waals surface area contributed by atoms with Crippen molar-refractivity contribution in [1.29, 1.82) is 0 Å². The van der Waals surface area contributed by atoms with E-state index in [2.05, 4.69) is 6.92 Å². The normalized spacial score (nSPS) is 21.9. The molecule has 0 bridgehead atoms. The van der Waals surface area contributed by atoms with Gasteiger partial charge in [-0.2, -0.15) is 0 Å². The molecule has 0 aliphatic heterocycles. The third-order valence-electron chi connectivity index (χ3n) is 1.16. The van der Waals surface area contributed by atoms with E-state index < -0.39 is 0 Å². The van der Waals surface area contributed by atoms with Gasteiger partial charge in [-0.25, -0.2) is 0 Å². The van der Waals surface area contributed by atoms with Crippen LogP contribution in [0.2, 0.25) is 0 Å². The molecule has 0 N–H and O–H groups in total. The van der Waals surface area contributed by atoms with Crippen molar-refractivity contribution >= 4 is 8.58 Å². The van der Waals surface area contributed by atoms with Gasteiger partial charge in [0.05, 0.1) is 0 Å². The van der Waals surface area contributed by atoms with E-state index in [9.17, 15) is 0 Å². The van der Waals surface area contributed by atoms with Crippen molar-refractivity contribution in [3.63, 3.8) is 0 Å². The first kappa shape index (κ1) is 5.56. The van der Waals surface area contributed by atoms with Crippen molar-refractivity contribution in [2.75, 3.05) is 6.16 Å². The Bertz CT molecular complexity index is 48.1. The Morgan fingerprint density at radius 1 is 1.57 bits per heavy atom. The second-order valence-electron chi connectivity index (χ2n) is 2.14. The molecule has 0 aromatic heterocycles. The van der Waals surface area contributed by atoms with Crippen molar-refractivity contribution in [2.45, 2.75) is 31.8 Å². The maximum Gasteiger partial charge on any atom is -0.0170 e. The van der Waals surface area contributed by atoms with Crippen molar-refractivity contribution < 1.29 is 0 Å². The zero-order valence-electron chi connectivity index (χ0n) is 4.85. The highest BCUT2D eigenvalue weighted by Gasteiger charge is 2.20. The highest BCUT2D eigenvalue weighted by atomic mass is 31.1. The molecule has 0 amide bonds. The molecule has 1 saturated carbocycles. The molecule has 1 radical (unpaired) electrons. The molecule has 0 heterocycles. The smallest absolute Gasteiger partial charge is 0.0170 e. The average molecular weight is 115 g/mol. The van der Waals surface area contributed by atoms with E-state index in [-0.39, 0.29) is 0 Å². The van der Waals surface area contributed by atoms with Crippen molar-refractivity contribution in [3.05, 3.63) is 0 Å². The van der Waals surface area contributed by atoms with E-state index in [0.29, 0.717) is 0 Å². The highest BCUT2D eigenvalue weighted by molar-refractivity contribution is 7.39. The Hall–Kier alpha value is 0.430.